The monoisotopic (exact) mass is 476 g/mol. The van der Waals surface area contributed by atoms with Gasteiger partial charge in [0.1, 0.15) is 0 Å². The van der Waals surface area contributed by atoms with Crippen LogP contribution >= 0.6 is 56.5 Å². The fourth-order valence-electron chi connectivity index (χ4n) is 1.89. The van der Waals surface area contributed by atoms with Gasteiger partial charge in [-0.25, -0.2) is 0 Å². The zero-order valence-corrected chi connectivity index (χ0v) is 15.6. The molecule has 3 heteroatoms. The molecular weight excluding hydrogens is 454 g/mol. The first-order valence-electron chi connectivity index (χ1n) is 6.51. The van der Waals surface area contributed by atoms with Crippen molar-refractivity contribution in [3.63, 3.8) is 0 Å². The second-order valence-electron chi connectivity index (χ2n) is 4.60. The van der Waals surface area contributed by atoms with Gasteiger partial charge in [0.05, 0.1) is 0 Å². The van der Waals surface area contributed by atoms with Crippen molar-refractivity contribution in [2.24, 2.45) is 0 Å². The summed E-state index contributed by atoms with van der Waals surface area (Å²) in [4.78, 5) is 0. The van der Waals surface area contributed by atoms with Crippen LogP contribution in [0.5, 0.6) is 0 Å². The lowest BCUT2D eigenvalue weighted by molar-refractivity contribution is 0.610. The average Bonchev–Trinajstić information content (AvgIpc) is 2.79. The molecule has 1 aromatic rings. The molecule has 0 saturated carbocycles. The third-order valence-electron chi connectivity index (χ3n) is 2.95. The predicted molar refractivity (Wildman–Crippen MR) is 97.0 cm³/mol. The first-order chi connectivity index (χ1) is 8.22. The Bertz CT molecular complexity index is 272. The van der Waals surface area contributed by atoms with E-state index in [2.05, 4.69) is 68.9 Å². The first-order valence-corrected chi connectivity index (χ1v) is 9.95. The van der Waals surface area contributed by atoms with Gasteiger partial charge in [-0.2, -0.15) is 11.3 Å². The van der Waals surface area contributed by atoms with E-state index in [9.17, 15) is 0 Å². The topological polar surface area (TPSA) is 0 Å². The van der Waals surface area contributed by atoms with Gasteiger partial charge in [-0.15, -0.1) is 0 Å². The number of hydrogen-bond acceptors (Lipinski definition) is 1. The Labute approximate surface area is 137 Å². The van der Waals surface area contributed by atoms with E-state index in [0.717, 1.165) is 7.85 Å². The van der Waals surface area contributed by atoms with E-state index in [1.807, 2.05) is 11.3 Å². The molecule has 0 N–H and O–H groups in total. The fraction of sp³-hybridized carbons (Fsp3) is 0.714. The van der Waals surface area contributed by atoms with Gasteiger partial charge in [-0.05, 0) is 48.1 Å². The van der Waals surface area contributed by atoms with E-state index < -0.39 is 0 Å². The van der Waals surface area contributed by atoms with Crippen LogP contribution in [0.3, 0.4) is 0 Å². The highest BCUT2D eigenvalue weighted by molar-refractivity contribution is 14.1. The molecule has 0 bridgehead atoms. The lowest BCUT2D eigenvalue weighted by atomic mass is 10.1. The predicted octanol–water partition coefficient (Wildman–Crippen LogP) is 6.26. The molecule has 1 aromatic heterocycles. The lowest BCUT2D eigenvalue weighted by Crippen LogP contribution is -2.06. The van der Waals surface area contributed by atoms with E-state index in [1.165, 1.54) is 50.5 Å². The number of halogens is 2. The van der Waals surface area contributed by atoms with Crippen LogP contribution in [0.1, 0.15) is 51.0 Å². The van der Waals surface area contributed by atoms with E-state index in [4.69, 9.17) is 0 Å². The Morgan fingerprint density at radius 3 is 2.53 bits per heavy atom. The Kier molecular flexibility index (Phi) is 9.55. The highest BCUT2D eigenvalue weighted by atomic mass is 127. The van der Waals surface area contributed by atoms with E-state index in [1.54, 1.807) is 0 Å². The molecule has 98 valence electrons. The molecule has 0 aliphatic heterocycles. The average molecular weight is 476 g/mol. The summed E-state index contributed by atoms with van der Waals surface area (Å²) in [6.07, 6.45) is 9.59. The van der Waals surface area contributed by atoms with Crippen LogP contribution in [-0.4, -0.2) is 7.85 Å². The number of rotatable bonds is 9. The molecule has 0 nitrogen and oxygen atoms in total. The highest BCUT2D eigenvalue weighted by Crippen LogP contribution is 2.23. The van der Waals surface area contributed by atoms with Gasteiger partial charge in [0.2, 0.25) is 0 Å². The van der Waals surface area contributed by atoms with Crippen molar-refractivity contribution in [1.29, 1.82) is 0 Å². The van der Waals surface area contributed by atoms with Crippen LogP contribution in [0.2, 0.25) is 0 Å². The quantitative estimate of drug-likeness (QED) is 0.224. The van der Waals surface area contributed by atoms with Crippen molar-refractivity contribution in [2.45, 2.75) is 59.7 Å². The molecule has 0 fully saturated rings. The molecule has 0 saturated heterocycles. The van der Waals surface area contributed by atoms with Crippen molar-refractivity contribution < 1.29 is 0 Å². The summed E-state index contributed by atoms with van der Waals surface area (Å²) in [5, 5.41) is 4.47. The molecule has 0 radical (unpaired) electrons. The van der Waals surface area contributed by atoms with Crippen LogP contribution in [0, 0.1) is 0 Å². The van der Waals surface area contributed by atoms with Gasteiger partial charge in [0.15, 0.2) is 0 Å². The summed E-state index contributed by atoms with van der Waals surface area (Å²) >= 11 is 7.08. The van der Waals surface area contributed by atoms with Crippen LogP contribution in [0.15, 0.2) is 16.8 Å². The Balaban J connectivity index is 2.08. The summed E-state index contributed by atoms with van der Waals surface area (Å²) in [7, 11) is 0. The lowest BCUT2D eigenvalue weighted by Gasteiger charge is -2.13. The van der Waals surface area contributed by atoms with Crippen molar-refractivity contribution in [3.05, 3.63) is 22.4 Å². The summed E-state index contributed by atoms with van der Waals surface area (Å²) < 4.78 is 1.70. The number of hydrogen-bond donors (Lipinski definition) is 0. The third-order valence-corrected chi connectivity index (χ3v) is 5.99. The smallest absolute Gasteiger partial charge is 0.0151 e. The molecular formula is C14H22I2S. The number of unbranched alkanes of at least 4 members (excludes halogenated alkanes) is 2. The second kappa shape index (κ2) is 10.0. The largest absolute Gasteiger partial charge is 0.152 e. The van der Waals surface area contributed by atoms with Crippen LogP contribution in [0.4, 0.5) is 0 Å². The van der Waals surface area contributed by atoms with E-state index in [0.29, 0.717) is 0 Å². The summed E-state index contributed by atoms with van der Waals surface area (Å²) in [5.74, 6) is 0. The van der Waals surface area contributed by atoms with Gasteiger partial charge in [-0.1, -0.05) is 71.4 Å². The van der Waals surface area contributed by atoms with E-state index in [-0.39, 0.29) is 0 Å². The van der Waals surface area contributed by atoms with Crippen molar-refractivity contribution in [3.8, 4) is 0 Å². The molecule has 2 unspecified atom stereocenters. The van der Waals surface area contributed by atoms with Crippen LogP contribution in [0.25, 0.3) is 0 Å². The molecule has 17 heavy (non-hydrogen) atoms. The third kappa shape index (κ3) is 8.03. The second-order valence-corrected chi connectivity index (χ2v) is 8.91. The van der Waals surface area contributed by atoms with Gasteiger partial charge in [-0.3, -0.25) is 0 Å². The minimum atomic E-state index is 0.811. The fourth-order valence-corrected chi connectivity index (χ4v) is 4.24. The van der Waals surface area contributed by atoms with Crippen LogP contribution in [-0.2, 0) is 6.42 Å². The Morgan fingerprint density at radius 1 is 1.12 bits per heavy atom. The van der Waals surface area contributed by atoms with Crippen LogP contribution < -0.4 is 0 Å². The summed E-state index contributed by atoms with van der Waals surface area (Å²) in [5.41, 5.74) is 1.52. The molecule has 1 rings (SSSR count). The standard InChI is InChI=1S/C14H22I2S/c1-2-3-4-5-13(15)6-7-14(16)10-12-8-9-17-11-12/h8-9,11,13-14H,2-7,10H2,1H3. The first kappa shape index (κ1) is 16.2. The minimum absolute atomic E-state index is 0.811. The zero-order chi connectivity index (χ0) is 12.5. The van der Waals surface area contributed by atoms with Gasteiger partial charge in [0.25, 0.3) is 0 Å². The van der Waals surface area contributed by atoms with Gasteiger partial charge >= 0.3 is 0 Å². The van der Waals surface area contributed by atoms with Crippen molar-refractivity contribution in [2.75, 3.05) is 0 Å². The van der Waals surface area contributed by atoms with Crippen molar-refractivity contribution in [1.82, 2.24) is 0 Å². The maximum absolute atomic E-state index is 2.64. The SMILES string of the molecule is CCCCCC(I)CCC(I)Cc1ccsc1. The molecule has 1 heterocycles. The van der Waals surface area contributed by atoms with Crippen molar-refractivity contribution >= 4 is 56.5 Å². The number of thiophene rings is 1. The van der Waals surface area contributed by atoms with Gasteiger partial charge < -0.3 is 0 Å². The molecule has 0 aliphatic carbocycles. The zero-order valence-electron chi connectivity index (χ0n) is 10.5. The summed E-state index contributed by atoms with van der Waals surface area (Å²) in [6.45, 7) is 2.28. The number of alkyl halides is 2. The highest BCUT2D eigenvalue weighted by Gasteiger charge is 2.09. The summed E-state index contributed by atoms with van der Waals surface area (Å²) in [6, 6.07) is 2.26. The maximum atomic E-state index is 2.64. The Morgan fingerprint density at radius 2 is 1.88 bits per heavy atom. The Hall–Kier alpha value is 1.16. The van der Waals surface area contributed by atoms with E-state index >= 15 is 0 Å². The maximum Gasteiger partial charge on any atom is 0.0151 e. The molecule has 2 atom stereocenters. The molecule has 0 spiro atoms. The molecule has 0 amide bonds. The normalized spacial score (nSPS) is 14.8. The van der Waals surface area contributed by atoms with Gasteiger partial charge in [0, 0.05) is 7.85 Å². The molecule has 0 aromatic carbocycles. The molecule has 0 aliphatic rings. The minimum Gasteiger partial charge on any atom is -0.152 e.